The zero-order valence-electron chi connectivity index (χ0n) is 18.4. The summed E-state index contributed by atoms with van der Waals surface area (Å²) in [6.07, 6.45) is 5.43. The smallest absolute Gasteiger partial charge is 0.161 e. The minimum atomic E-state index is 0.679. The van der Waals surface area contributed by atoms with Gasteiger partial charge in [0.2, 0.25) is 0 Å². The predicted molar refractivity (Wildman–Crippen MR) is 127 cm³/mol. The molecule has 1 atom stereocenters. The molecule has 1 fully saturated rings. The molecule has 0 spiro atoms. The Hall–Kier alpha value is -3.78. The molecular weight excluding hydrogens is 394 g/mol. The molecule has 0 radical (unpaired) electrons. The van der Waals surface area contributed by atoms with Crippen LogP contribution in [0.4, 0.5) is 5.69 Å². The number of imidazole rings is 1. The molecule has 5 heteroatoms. The first kappa shape index (κ1) is 18.9. The summed E-state index contributed by atoms with van der Waals surface area (Å²) in [5.41, 5.74) is 9.03. The molecule has 0 unspecified atom stereocenters. The van der Waals surface area contributed by atoms with Crippen molar-refractivity contribution in [3.05, 3.63) is 77.7 Å². The molecule has 2 aliphatic rings. The summed E-state index contributed by atoms with van der Waals surface area (Å²) in [7, 11) is 0. The molecule has 2 aromatic heterocycles. The molecule has 0 bridgehead atoms. The normalized spacial score (nSPS) is 16.8. The van der Waals surface area contributed by atoms with Crippen LogP contribution in [0.2, 0.25) is 0 Å². The van der Waals surface area contributed by atoms with E-state index in [1.165, 1.54) is 23.4 Å². The van der Waals surface area contributed by atoms with Crippen molar-refractivity contribution < 1.29 is 0 Å². The molecule has 1 saturated heterocycles. The summed E-state index contributed by atoms with van der Waals surface area (Å²) in [4.78, 5) is 7.30. The number of anilines is 1. The fraction of sp³-hybridized carbons (Fsp3) is 0.259. The number of hydrogen-bond donors (Lipinski definition) is 0. The molecule has 4 aromatic rings. The van der Waals surface area contributed by atoms with Crippen LogP contribution in [0.1, 0.15) is 30.2 Å². The number of fused-ring (bicyclic) bond motifs is 5. The minimum Gasteiger partial charge on any atom is -0.371 e. The quantitative estimate of drug-likeness (QED) is 0.385. The Labute approximate surface area is 188 Å². The van der Waals surface area contributed by atoms with Gasteiger partial charge in [-0.15, -0.1) is 0 Å². The molecule has 0 aliphatic carbocycles. The van der Waals surface area contributed by atoms with E-state index in [1.54, 1.807) is 0 Å². The van der Waals surface area contributed by atoms with Crippen molar-refractivity contribution >= 4 is 5.69 Å². The van der Waals surface area contributed by atoms with Crippen LogP contribution >= 0.6 is 0 Å². The van der Waals surface area contributed by atoms with Gasteiger partial charge in [-0.2, -0.15) is 5.26 Å². The first-order valence-electron chi connectivity index (χ1n) is 11.2. The lowest BCUT2D eigenvalue weighted by atomic mass is 10.1. The third kappa shape index (κ3) is 2.95. The zero-order valence-corrected chi connectivity index (χ0v) is 18.4. The second-order valence-electron chi connectivity index (χ2n) is 9.14. The van der Waals surface area contributed by atoms with Crippen molar-refractivity contribution in [2.45, 2.75) is 26.8 Å². The van der Waals surface area contributed by atoms with E-state index in [1.807, 2.05) is 30.5 Å². The number of nitrogens with zero attached hydrogens (tertiary/aromatic N) is 5. The minimum absolute atomic E-state index is 0.679. The van der Waals surface area contributed by atoms with Crippen molar-refractivity contribution in [3.8, 4) is 34.4 Å². The van der Waals surface area contributed by atoms with Crippen LogP contribution in [0.15, 0.2) is 60.9 Å². The molecule has 2 aromatic carbocycles. The van der Waals surface area contributed by atoms with Crippen LogP contribution in [0.5, 0.6) is 0 Å². The second-order valence-corrected chi connectivity index (χ2v) is 9.14. The highest BCUT2D eigenvalue weighted by Gasteiger charge is 2.25. The van der Waals surface area contributed by atoms with Gasteiger partial charge in [0.25, 0.3) is 0 Å². The van der Waals surface area contributed by atoms with Crippen LogP contribution in [0.25, 0.3) is 28.3 Å². The van der Waals surface area contributed by atoms with Crippen molar-refractivity contribution in [3.63, 3.8) is 0 Å². The van der Waals surface area contributed by atoms with Crippen LogP contribution in [0.3, 0.4) is 0 Å². The second kappa shape index (κ2) is 7.13. The fourth-order valence-electron chi connectivity index (χ4n) is 5.11. The summed E-state index contributed by atoms with van der Waals surface area (Å²) in [5, 5.41) is 9.11. The monoisotopic (exact) mass is 419 g/mol. The molecule has 0 saturated carbocycles. The van der Waals surface area contributed by atoms with Gasteiger partial charge in [0.1, 0.15) is 0 Å². The Morgan fingerprint density at radius 2 is 1.91 bits per heavy atom. The highest BCUT2D eigenvalue weighted by atomic mass is 15.2. The van der Waals surface area contributed by atoms with E-state index >= 15 is 0 Å². The number of hydrogen-bond acceptors (Lipinski definition) is 3. The molecule has 158 valence electrons. The van der Waals surface area contributed by atoms with Gasteiger partial charge < -0.3 is 9.47 Å². The summed E-state index contributed by atoms with van der Waals surface area (Å²) in [6, 6.07) is 19.1. The number of aryl methyl sites for hydroxylation is 1. The van der Waals surface area contributed by atoms with Crippen molar-refractivity contribution in [1.82, 2.24) is 14.1 Å². The molecule has 4 heterocycles. The van der Waals surface area contributed by atoms with Gasteiger partial charge >= 0.3 is 0 Å². The van der Waals surface area contributed by atoms with Gasteiger partial charge in [0.05, 0.1) is 23.0 Å². The molecule has 0 N–H and O–H groups in total. The number of rotatable bonds is 2. The lowest BCUT2D eigenvalue weighted by Gasteiger charge is -2.21. The highest BCUT2D eigenvalue weighted by molar-refractivity contribution is 5.73. The molecule has 32 heavy (non-hydrogen) atoms. The van der Waals surface area contributed by atoms with E-state index in [2.05, 4.69) is 64.4 Å². The first-order valence-corrected chi connectivity index (χ1v) is 11.2. The zero-order chi connectivity index (χ0) is 21.8. The molecule has 2 aliphatic heterocycles. The summed E-state index contributed by atoms with van der Waals surface area (Å²) in [6.45, 7) is 7.53. The number of benzene rings is 2. The Balaban J connectivity index is 1.47. The van der Waals surface area contributed by atoms with Crippen LogP contribution < -0.4 is 4.90 Å². The Morgan fingerprint density at radius 1 is 1.06 bits per heavy atom. The molecular formula is C27H25N5. The Kier molecular flexibility index (Phi) is 4.22. The first-order chi connectivity index (χ1) is 15.6. The van der Waals surface area contributed by atoms with Crippen LogP contribution in [-0.2, 0) is 6.54 Å². The van der Waals surface area contributed by atoms with Crippen molar-refractivity contribution in [2.75, 3.05) is 18.0 Å². The van der Waals surface area contributed by atoms with Gasteiger partial charge in [0, 0.05) is 49.0 Å². The summed E-state index contributed by atoms with van der Waals surface area (Å²) in [5.74, 6) is 1.73. The maximum atomic E-state index is 9.11. The summed E-state index contributed by atoms with van der Waals surface area (Å²) < 4.78 is 4.60. The lowest BCUT2D eigenvalue weighted by Crippen LogP contribution is -2.19. The average Bonchev–Trinajstić information content (AvgIpc) is 3.51. The maximum Gasteiger partial charge on any atom is 0.161 e. The molecule has 6 rings (SSSR count). The topological polar surface area (TPSA) is 49.8 Å². The number of aromatic nitrogens is 3. The third-order valence-electron chi connectivity index (χ3n) is 6.84. The lowest BCUT2D eigenvalue weighted by molar-refractivity contribution is 0.659. The van der Waals surface area contributed by atoms with Crippen molar-refractivity contribution in [2.24, 2.45) is 5.92 Å². The van der Waals surface area contributed by atoms with Crippen LogP contribution in [0, 0.1) is 24.2 Å². The molecule has 5 nitrogen and oxygen atoms in total. The van der Waals surface area contributed by atoms with E-state index < -0.39 is 0 Å². The van der Waals surface area contributed by atoms with Gasteiger partial charge in [-0.3, -0.25) is 4.57 Å². The summed E-state index contributed by atoms with van der Waals surface area (Å²) >= 11 is 0. The standard InChI is InChI=1S/C27H25N5/c1-18-9-10-30(15-18)24-7-8-25-23(11-24)17-31-16-22(21-5-3-20(13-28)4-6-21)12-26(31)27-29-14-19(2)32(25)27/h3-8,11-12,14,16,18H,9-10,15,17H2,1-2H3/t18-/m1/s1. The van der Waals surface area contributed by atoms with Crippen LogP contribution in [-0.4, -0.2) is 27.2 Å². The highest BCUT2D eigenvalue weighted by Crippen LogP contribution is 2.37. The predicted octanol–water partition coefficient (Wildman–Crippen LogP) is 5.40. The largest absolute Gasteiger partial charge is 0.371 e. The Morgan fingerprint density at radius 3 is 2.66 bits per heavy atom. The van der Waals surface area contributed by atoms with E-state index in [0.717, 1.165) is 53.9 Å². The Bertz CT molecular complexity index is 1370. The SMILES string of the molecule is Cc1cnc2n1-c1ccc(N3CC[C@@H](C)C3)cc1Cn1cc(-c3ccc(C#N)cc3)cc1-2. The average molecular weight is 420 g/mol. The third-order valence-corrected chi connectivity index (χ3v) is 6.84. The van der Waals surface area contributed by atoms with Gasteiger partial charge in [0.15, 0.2) is 5.82 Å². The molecule has 0 amide bonds. The number of nitriles is 1. The maximum absolute atomic E-state index is 9.11. The van der Waals surface area contributed by atoms with E-state index in [9.17, 15) is 0 Å². The van der Waals surface area contributed by atoms with E-state index in [4.69, 9.17) is 10.2 Å². The van der Waals surface area contributed by atoms with Gasteiger partial charge in [-0.25, -0.2) is 4.98 Å². The van der Waals surface area contributed by atoms with E-state index in [0.29, 0.717) is 5.56 Å². The van der Waals surface area contributed by atoms with Crippen molar-refractivity contribution in [1.29, 1.82) is 5.26 Å². The van der Waals surface area contributed by atoms with Gasteiger partial charge in [-0.05, 0) is 66.8 Å². The fourth-order valence-corrected chi connectivity index (χ4v) is 5.11. The van der Waals surface area contributed by atoms with Gasteiger partial charge in [-0.1, -0.05) is 19.1 Å². The van der Waals surface area contributed by atoms with E-state index in [-0.39, 0.29) is 0 Å².